The van der Waals surface area contributed by atoms with Gasteiger partial charge in [0.2, 0.25) is 0 Å². The van der Waals surface area contributed by atoms with Gasteiger partial charge in [-0.25, -0.2) is 0 Å². The summed E-state index contributed by atoms with van der Waals surface area (Å²) in [7, 11) is 3.68. The van der Waals surface area contributed by atoms with E-state index in [0.29, 0.717) is 23.0 Å². The molecule has 9 heteroatoms. The molecule has 224 valence electrons. The maximum Gasteiger partial charge on any atom is 0.0656 e. The Morgan fingerprint density at radius 1 is 1.23 bits per heavy atom. The Hall–Kier alpha value is -1.21. The van der Waals surface area contributed by atoms with Gasteiger partial charge in [-0.2, -0.15) is 5.10 Å². The van der Waals surface area contributed by atoms with E-state index in [-0.39, 0.29) is 5.38 Å². The van der Waals surface area contributed by atoms with Crippen LogP contribution in [0.2, 0.25) is 0 Å². The second-order valence-electron chi connectivity index (χ2n) is 10.7. The van der Waals surface area contributed by atoms with Crippen molar-refractivity contribution >= 4 is 52.6 Å². The number of hydrogen-bond donors (Lipinski definition) is 2. The standard InChI is InChI=1S/C20H33Cl2N3.C11H14Cl2N2/c1-4-10-25(6-3)11-9-16-13-18(20(14-24-16)23-5-2)17-12-15(21)7-8-19(17)22;1-8-4-9(11(13)5-8)6-10(12)7-14-15(2)3/h5,7,12,16,18-20,23-24H,2,4,6,8-11,13-14H2,1,3H3;4,6-7H,5H2,1-3H3/b;10-6-,14-7-/t16?,18-,19?,20?;/m0./s1. The van der Waals surface area contributed by atoms with Gasteiger partial charge >= 0.3 is 0 Å². The number of halogens is 4. The smallest absolute Gasteiger partial charge is 0.0656 e. The number of alkyl halides is 1. The molecule has 2 N–H and O–H groups in total. The fourth-order valence-corrected chi connectivity index (χ4v) is 6.22. The zero-order valence-electron chi connectivity index (χ0n) is 24.7. The van der Waals surface area contributed by atoms with Gasteiger partial charge < -0.3 is 20.5 Å². The molecule has 40 heavy (non-hydrogen) atoms. The van der Waals surface area contributed by atoms with Crippen molar-refractivity contribution in [3.8, 4) is 0 Å². The molecule has 1 heterocycles. The van der Waals surface area contributed by atoms with Gasteiger partial charge in [-0.05, 0) is 81.7 Å². The van der Waals surface area contributed by atoms with Gasteiger partial charge in [0.05, 0.1) is 16.6 Å². The molecule has 0 aromatic rings. The molecule has 0 spiro atoms. The zero-order chi connectivity index (χ0) is 29.7. The van der Waals surface area contributed by atoms with Crippen LogP contribution in [-0.4, -0.2) is 73.9 Å². The first-order valence-electron chi connectivity index (χ1n) is 14.3. The number of nitrogens with zero attached hydrogens (tertiary/aromatic N) is 3. The predicted molar refractivity (Wildman–Crippen MR) is 178 cm³/mol. The predicted octanol–water partition coefficient (Wildman–Crippen LogP) is 7.75. The van der Waals surface area contributed by atoms with Crippen molar-refractivity contribution in [1.82, 2.24) is 20.5 Å². The molecule has 1 aliphatic heterocycles. The summed E-state index contributed by atoms with van der Waals surface area (Å²) in [5.74, 6) is 0.399. The van der Waals surface area contributed by atoms with E-state index in [1.807, 2.05) is 39.2 Å². The second kappa shape index (κ2) is 18.4. The first-order valence-corrected chi connectivity index (χ1v) is 15.8. The highest BCUT2D eigenvalue weighted by molar-refractivity contribution is 6.39. The van der Waals surface area contributed by atoms with E-state index in [1.165, 1.54) is 30.5 Å². The maximum atomic E-state index is 6.63. The number of hydrogen-bond acceptors (Lipinski definition) is 5. The lowest BCUT2D eigenvalue weighted by Gasteiger charge is -2.40. The molecule has 0 aromatic carbocycles. The number of piperidine rings is 1. The van der Waals surface area contributed by atoms with E-state index in [1.54, 1.807) is 17.4 Å². The van der Waals surface area contributed by atoms with Gasteiger partial charge in [0.15, 0.2) is 0 Å². The minimum atomic E-state index is 0.0487. The molecule has 0 aromatic heterocycles. The van der Waals surface area contributed by atoms with Crippen molar-refractivity contribution in [2.75, 3.05) is 40.3 Å². The average molecular weight is 632 g/mol. The molecular formula is C31H47Cl4N5. The van der Waals surface area contributed by atoms with Crippen LogP contribution in [0.3, 0.4) is 0 Å². The summed E-state index contributed by atoms with van der Waals surface area (Å²) >= 11 is 24.9. The number of nitrogens with one attached hydrogen (secondary N) is 2. The Bertz CT molecular complexity index is 1010. The molecule has 5 nitrogen and oxygen atoms in total. The summed E-state index contributed by atoms with van der Waals surface area (Å²) in [6.07, 6.45) is 16.5. The van der Waals surface area contributed by atoms with Crippen molar-refractivity contribution in [2.24, 2.45) is 11.0 Å². The van der Waals surface area contributed by atoms with Crippen molar-refractivity contribution in [2.45, 2.75) is 70.3 Å². The maximum absolute atomic E-state index is 6.63. The minimum Gasteiger partial charge on any atom is -0.387 e. The monoisotopic (exact) mass is 629 g/mol. The Kier molecular flexibility index (Phi) is 16.1. The summed E-state index contributed by atoms with van der Waals surface area (Å²) < 4.78 is 0. The van der Waals surface area contributed by atoms with E-state index in [4.69, 9.17) is 46.4 Å². The third-order valence-corrected chi connectivity index (χ3v) is 8.48. The molecule has 3 unspecified atom stereocenters. The fraction of sp³-hybridized carbons (Fsp3) is 0.581. The highest BCUT2D eigenvalue weighted by Gasteiger charge is 2.35. The fourth-order valence-electron chi connectivity index (χ4n) is 5.21. The summed E-state index contributed by atoms with van der Waals surface area (Å²) in [5, 5.41) is 15.1. The van der Waals surface area contributed by atoms with Gasteiger partial charge in [0.1, 0.15) is 0 Å². The van der Waals surface area contributed by atoms with Crippen LogP contribution in [0.4, 0.5) is 0 Å². The van der Waals surface area contributed by atoms with Gasteiger partial charge in [-0.3, -0.25) is 0 Å². The Balaban J connectivity index is 0.000000319. The van der Waals surface area contributed by atoms with Crippen LogP contribution in [-0.2, 0) is 0 Å². The third kappa shape index (κ3) is 12.0. The SMILES string of the molecule is C=CNC1CNC(CCN(CC)CCC)C[C@H]1C1=CC(Cl)=CCC1Cl.CC1=CC(/C=C(Cl)/C=N\N(C)C)=C(Cl)C1. The number of rotatable bonds is 12. The summed E-state index contributed by atoms with van der Waals surface area (Å²) in [5.41, 5.74) is 3.51. The highest BCUT2D eigenvalue weighted by Crippen LogP contribution is 2.36. The largest absolute Gasteiger partial charge is 0.387 e. The lowest BCUT2D eigenvalue weighted by atomic mass is 9.78. The molecule has 4 atom stereocenters. The van der Waals surface area contributed by atoms with Gasteiger partial charge in [-0.15, -0.1) is 11.6 Å². The molecule has 0 bridgehead atoms. The summed E-state index contributed by atoms with van der Waals surface area (Å²) in [6, 6.07) is 0.843. The lowest BCUT2D eigenvalue weighted by molar-refractivity contribution is 0.223. The van der Waals surface area contributed by atoms with Crippen LogP contribution in [0, 0.1) is 5.92 Å². The molecule has 3 aliphatic rings. The Morgan fingerprint density at radius 2 is 1.98 bits per heavy atom. The summed E-state index contributed by atoms with van der Waals surface area (Å²) in [6.45, 7) is 14.8. The summed E-state index contributed by atoms with van der Waals surface area (Å²) in [4.78, 5) is 2.54. The number of hydrazone groups is 1. The van der Waals surface area contributed by atoms with Crippen LogP contribution in [0.15, 0.2) is 74.0 Å². The van der Waals surface area contributed by atoms with Gasteiger partial charge in [0.25, 0.3) is 0 Å². The van der Waals surface area contributed by atoms with Gasteiger partial charge in [-0.1, -0.05) is 73.0 Å². The average Bonchev–Trinajstić information content (AvgIpc) is 3.23. The van der Waals surface area contributed by atoms with Crippen LogP contribution in [0.1, 0.15) is 52.9 Å². The molecule has 0 radical (unpaired) electrons. The molecule has 0 saturated carbocycles. The molecule has 2 aliphatic carbocycles. The number of allylic oxidation sites excluding steroid dienone is 9. The molecule has 1 fully saturated rings. The molecule has 3 rings (SSSR count). The van der Waals surface area contributed by atoms with E-state index in [0.717, 1.165) is 54.5 Å². The molecule has 1 saturated heterocycles. The van der Waals surface area contributed by atoms with Gasteiger partial charge in [0, 0.05) is 55.1 Å². The van der Waals surface area contributed by atoms with Crippen LogP contribution >= 0.6 is 46.4 Å². The van der Waals surface area contributed by atoms with Crippen molar-refractivity contribution in [3.05, 3.63) is 68.9 Å². The van der Waals surface area contributed by atoms with Crippen molar-refractivity contribution < 1.29 is 0 Å². The topological polar surface area (TPSA) is 42.9 Å². The quantitative estimate of drug-likeness (QED) is 0.131. The van der Waals surface area contributed by atoms with E-state index >= 15 is 0 Å². The zero-order valence-corrected chi connectivity index (χ0v) is 27.7. The Morgan fingerprint density at radius 3 is 2.58 bits per heavy atom. The van der Waals surface area contributed by atoms with Crippen LogP contribution < -0.4 is 10.6 Å². The molecular weight excluding hydrogens is 584 g/mol. The van der Waals surface area contributed by atoms with Crippen LogP contribution in [0.25, 0.3) is 0 Å². The minimum absolute atomic E-state index is 0.0487. The van der Waals surface area contributed by atoms with Crippen LogP contribution in [0.5, 0.6) is 0 Å². The third-order valence-electron chi connectivity index (χ3n) is 7.23. The van der Waals surface area contributed by atoms with Crippen molar-refractivity contribution in [3.63, 3.8) is 0 Å². The highest BCUT2D eigenvalue weighted by atomic mass is 35.5. The molecule has 0 amide bonds. The van der Waals surface area contributed by atoms with E-state index < -0.39 is 0 Å². The normalized spacial score (nSPS) is 25.4. The first-order chi connectivity index (χ1) is 19.1. The Labute approximate surface area is 262 Å². The lowest BCUT2D eigenvalue weighted by Crippen LogP contribution is -2.53. The second-order valence-corrected chi connectivity index (χ2v) is 12.6. The van der Waals surface area contributed by atoms with E-state index in [2.05, 4.69) is 47.1 Å². The van der Waals surface area contributed by atoms with Crippen molar-refractivity contribution in [1.29, 1.82) is 0 Å². The first kappa shape index (κ1) is 35.0. The van der Waals surface area contributed by atoms with E-state index in [9.17, 15) is 0 Å².